The van der Waals surface area contributed by atoms with Gasteiger partial charge in [-0.25, -0.2) is 8.42 Å². The van der Waals surface area contributed by atoms with Gasteiger partial charge in [-0.2, -0.15) is 0 Å². The summed E-state index contributed by atoms with van der Waals surface area (Å²) in [5.41, 5.74) is 5.17. The van der Waals surface area contributed by atoms with Crippen molar-refractivity contribution in [2.75, 3.05) is 17.7 Å². The minimum Gasteiger partial charge on any atom is -0.480 e. The lowest BCUT2D eigenvalue weighted by Crippen LogP contribution is -2.15. The van der Waals surface area contributed by atoms with Crippen LogP contribution in [0.3, 0.4) is 0 Å². The molecule has 0 amide bonds. The lowest BCUT2D eigenvalue weighted by molar-refractivity contribution is -0.134. The maximum absolute atomic E-state index is 12.0. The Labute approximate surface area is 164 Å². The van der Waals surface area contributed by atoms with Crippen molar-refractivity contribution in [2.24, 2.45) is 0 Å². The molecule has 6 heteroatoms. The topological polar surface area (TPSA) is 74.7 Å². The summed E-state index contributed by atoms with van der Waals surface area (Å²) in [5.74, 6) is -2.28. The van der Waals surface area contributed by atoms with Crippen LogP contribution in [0.15, 0.2) is 77.7 Å². The van der Waals surface area contributed by atoms with Crippen molar-refractivity contribution in [1.29, 1.82) is 0 Å². The number of carboxylic acids is 1. The molecule has 0 bridgehead atoms. The molecule has 0 aliphatic carbocycles. The van der Waals surface area contributed by atoms with Crippen LogP contribution < -0.4 is 4.90 Å². The van der Waals surface area contributed by atoms with Gasteiger partial charge in [0, 0.05) is 18.4 Å². The van der Waals surface area contributed by atoms with Crippen molar-refractivity contribution < 1.29 is 18.3 Å². The van der Waals surface area contributed by atoms with E-state index < -0.39 is 21.6 Å². The summed E-state index contributed by atoms with van der Waals surface area (Å²) < 4.78 is 24.1. The van der Waals surface area contributed by atoms with Crippen molar-refractivity contribution in [1.82, 2.24) is 0 Å². The molecule has 0 aromatic heterocycles. The Hall–Kier alpha value is -3.12. The smallest absolute Gasteiger partial charge is 0.319 e. The highest BCUT2D eigenvalue weighted by molar-refractivity contribution is 7.92. The molecule has 0 saturated carbocycles. The molecule has 1 N–H and O–H groups in total. The SMILES string of the molecule is Cc1cccc(-c2cccc(N(C)c3ccc(S(=O)(=O)CC(=O)O)cc3)c2)c1. The Kier molecular flexibility index (Phi) is 5.51. The first kappa shape index (κ1) is 19.6. The predicted molar refractivity (Wildman–Crippen MR) is 111 cm³/mol. The lowest BCUT2D eigenvalue weighted by atomic mass is 10.0. The van der Waals surface area contributed by atoms with E-state index in [9.17, 15) is 13.2 Å². The Morgan fingerprint density at radius 1 is 0.893 bits per heavy atom. The normalized spacial score (nSPS) is 11.2. The average Bonchev–Trinajstić information content (AvgIpc) is 2.67. The van der Waals surface area contributed by atoms with Crippen LogP contribution in [0.4, 0.5) is 11.4 Å². The molecule has 3 aromatic rings. The summed E-state index contributed by atoms with van der Waals surface area (Å²) in [5, 5.41) is 8.75. The maximum Gasteiger partial charge on any atom is 0.319 e. The number of rotatable bonds is 6. The summed E-state index contributed by atoms with van der Waals surface area (Å²) in [7, 11) is -1.93. The monoisotopic (exact) mass is 395 g/mol. The van der Waals surface area contributed by atoms with E-state index in [0.717, 1.165) is 22.5 Å². The molecule has 0 atom stereocenters. The van der Waals surface area contributed by atoms with E-state index in [1.807, 2.05) is 36.2 Å². The van der Waals surface area contributed by atoms with Gasteiger partial charge in [0.1, 0.15) is 0 Å². The third-order valence-corrected chi connectivity index (χ3v) is 6.10. The Bertz CT molecular complexity index is 1110. The highest BCUT2D eigenvalue weighted by Crippen LogP contribution is 2.29. The Morgan fingerprint density at radius 2 is 1.50 bits per heavy atom. The zero-order valence-electron chi connectivity index (χ0n) is 15.7. The number of aryl methyl sites for hydroxylation is 1. The van der Waals surface area contributed by atoms with Crippen LogP contribution in [0.5, 0.6) is 0 Å². The zero-order valence-corrected chi connectivity index (χ0v) is 16.5. The summed E-state index contributed by atoms with van der Waals surface area (Å²) in [6.45, 7) is 2.05. The van der Waals surface area contributed by atoms with Crippen LogP contribution in [0.1, 0.15) is 5.56 Å². The van der Waals surface area contributed by atoms with Crippen LogP contribution in [0.25, 0.3) is 11.1 Å². The number of carbonyl (C=O) groups is 1. The second-order valence-electron chi connectivity index (χ2n) is 6.63. The minimum absolute atomic E-state index is 0.000520. The second kappa shape index (κ2) is 7.86. The molecular weight excluding hydrogens is 374 g/mol. The number of nitrogens with zero attached hydrogens (tertiary/aromatic N) is 1. The summed E-state index contributed by atoms with van der Waals surface area (Å²) >= 11 is 0. The highest BCUT2D eigenvalue weighted by Gasteiger charge is 2.19. The summed E-state index contributed by atoms with van der Waals surface area (Å²) in [4.78, 5) is 12.7. The van der Waals surface area contributed by atoms with E-state index in [2.05, 4.69) is 31.2 Å². The number of sulfone groups is 1. The first-order chi connectivity index (χ1) is 13.3. The maximum atomic E-state index is 12.0. The number of benzene rings is 3. The van der Waals surface area contributed by atoms with Crippen molar-refractivity contribution >= 4 is 27.2 Å². The van der Waals surface area contributed by atoms with Gasteiger partial charge in [-0.1, -0.05) is 42.0 Å². The number of anilines is 2. The molecule has 28 heavy (non-hydrogen) atoms. The van der Waals surface area contributed by atoms with Crippen molar-refractivity contribution in [3.05, 3.63) is 78.4 Å². The first-order valence-corrected chi connectivity index (χ1v) is 10.4. The van der Waals surface area contributed by atoms with Crippen molar-refractivity contribution in [2.45, 2.75) is 11.8 Å². The molecule has 0 fully saturated rings. The third kappa shape index (κ3) is 4.40. The molecule has 0 heterocycles. The van der Waals surface area contributed by atoms with Gasteiger partial charge in [0.15, 0.2) is 15.6 Å². The molecule has 0 radical (unpaired) electrons. The number of hydrogen-bond acceptors (Lipinski definition) is 4. The van der Waals surface area contributed by atoms with Crippen molar-refractivity contribution in [3.8, 4) is 11.1 Å². The van der Waals surface area contributed by atoms with E-state index in [1.54, 1.807) is 12.1 Å². The second-order valence-corrected chi connectivity index (χ2v) is 8.62. The predicted octanol–water partition coefficient (Wildman–Crippen LogP) is 4.29. The Morgan fingerprint density at radius 3 is 2.11 bits per heavy atom. The quantitative estimate of drug-likeness (QED) is 0.674. The fourth-order valence-electron chi connectivity index (χ4n) is 2.99. The Balaban J connectivity index is 1.87. The van der Waals surface area contributed by atoms with Gasteiger partial charge in [0.05, 0.1) is 4.90 Å². The third-order valence-electron chi connectivity index (χ3n) is 4.48. The van der Waals surface area contributed by atoms with Crippen LogP contribution >= 0.6 is 0 Å². The molecule has 0 aliphatic rings. The van der Waals surface area contributed by atoms with E-state index in [1.165, 1.54) is 17.7 Å². The van der Waals surface area contributed by atoms with Crippen LogP contribution in [-0.4, -0.2) is 32.3 Å². The summed E-state index contributed by atoms with van der Waals surface area (Å²) in [6, 6.07) is 22.6. The molecule has 144 valence electrons. The van der Waals surface area contributed by atoms with Gasteiger partial charge < -0.3 is 10.0 Å². The molecule has 0 spiro atoms. The van der Waals surface area contributed by atoms with E-state index in [-0.39, 0.29) is 4.90 Å². The van der Waals surface area contributed by atoms with E-state index >= 15 is 0 Å². The number of hydrogen-bond donors (Lipinski definition) is 1. The van der Waals surface area contributed by atoms with Crippen LogP contribution in [0.2, 0.25) is 0 Å². The largest absolute Gasteiger partial charge is 0.480 e. The van der Waals surface area contributed by atoms with Crippen molar-refractivity contribution in [3.63, 3.8) is 0 Å². The van der Waals surface area contributed by atoms with Gasteiger partial charge in [-0.05, 0) is 54.4 Å². The molecule has 0 unspecified atom stereocenters. The zero-order chi connectivity index (χ0) is 20.3. The number of carboxylic acid groups (broad SMARTS) is 1. The molecule has 0 aliphatic heterocycles. The molecule has 3 rings (SSSR count). The standard InChI is InChI=1S/C22H21NO4S/c1-16-5-3-6-17(13-16)18-7-4-8-20(14-18)23(2)19-9-11-21(12-10-19)28(26,27)15-22(24)25/h3-14H,15H2,1-2H3,(H,24,25). The van der Waals surface area contributed by atoms with E-state index in [0.29, 0.717) is 0 Å². The van der Waals surface area contributed by atoms with Gasteiger partial charge in [-0.15, -0.1) is 0 Å². The van der Waals surface area contributed by atoms with Crippen LogP contribution in [-0.2, 0) is 14.6 Å². The minimum atomic E-state index is -3.83. The molecular formula is C22H21NO4S. The van der Waals surface area contributed by atoms with Gasteiger partial charge in [0.25, 0.3) is 0 Å². The van der Waals surface area contributed by atoms with Gasteiger partial charge >= 0.3 is 5.97 Å². The van der Waals surface area contributed by atoms with E-state index in [4.69, 9.17) is 5.11 Å². The van der Waals surface area contributed by atoms with Gasteiger partial charge in [-0.3, -0.25) is 4.79 Å². The molecule has 0 saturated heterocycles. The fourth-order valence-corrected chi connectivity index (χ4v) is 4.03. The number of aliphatic carboxylic acids is 1. The summed E-state index contributed by atoms with van der Waals surface area (Å²) in [6.07, 6.45) is 0. The van der Waals surface area contributed by atoms with Crippen LogP contribution in [0, 0.1) is 6.92 Å². The molecule has 3 aromatic carbocycles. The van der Waals surface area contributed by atoms with Gasteiger partial charge in [0.2, 0.25) is 0 Å². The highest BCUT2D eigenvalue weighted by atomic mass is 32.2. The average molecular weight is 395 g/mol. The fraction of sp³-hybridized carbons (Fsp3) is 0.136. The lowest BCUT2D eigenvalue weighted by Gasteiger charge is -2.20. The first-order valence-electron chi connectivity index (χ1n) is 8.72. The molecule has 5 nitrogen and oxygen atoms in total.